The largest absolute Gasteiger partial charge is 0.366 e. The average Bonchev–Trinajstić information content (AvgIpc) is 2.57. The molecule has 2 rings (SSSR count). The lowest BCUT2D eigenvalue weighted by Gasteiger charge is -2.02. The molecule has 0 bridgehead atoms. The number of nitrogens with two attached hydrogens (primary N) is 1. The number of benzene rings is 1. The van der Waals surface area contributed by atoms with E-state index in [1.54, 1.807) is 11.0 Å². The molecule has 0 spiro atoms. The maximum absolute atomic E-state index is 5.43. The van der Waals surface area contributed by atoms with Crippen molar-refractivity contribution in [3.05, 3.63) is 34.6 Å². The first-order valence-corrected chi connectivity index (χ1v) is 4.90. The van der Waals surface area contributed by atoms with Crippen molar-refractivity contribution in [2.24, 2.45) is 0 Å². The van der Waals surface area contributed by atoms with Crippen molar-refractivity contribution in [1.82, 2.24) is 14.8 Å². The third-order valence-corrected chi connectivity index (χ3v) is 2.81. The highest BCUT2D eigenvalue weighted by Gasteiger charge is 2.01. The SMILES string of the molecule is Cc1cc(-n2cnc(N)n2)ccc1Br. The summed E-state index contributed by atoms with van der Waals surface area (Å²) in [6.45, 7) is 2.02. The molecule has 0 saturated carbocycles. The van der Waals surface area contributed by atoms with E-state index in [1.165, 1.54) is 0 Å². The van der Waals surface area contributed by atoms with Crippen LogP contribution in [0.4, 0.5) is 5.95 Å². The maximum Gasteiger partial charge on any atom is 0.239 e. The lowest BCUT2D eigenvalue weighted by Crippen LogP contribution is -1.96. The lowest BCUT2D eigenvalue weighted by molar-refractivity contribution is 0.881. The number of aryl methyl sites for hydroxylation is 1. The van der Waals surface area contributed by atoms with Gasteiger partial charge in [0.15, 0.2) is 0 Å². The van der Waals surface area contributed by atoms with E-state index in [0.29, 0.717) is 0 Å². The van der Waals surface area contributed by atoms with Crippen molar-refractivity contribution in [3.8, 4) is 5.69 Å². The van der Waals surface area contributed by atoms with Crippen LogP contribution in [0.15, 0.2) is 29.0 Å². The van der Waals surface area contributed by atoms with Gasteiger partial charge in [0, 0.05) is 4.47 Å². The first-order chi connectivity index (χ1) is 6.66. The van der Waals surface area contributed by atoms with Crippen molar-refractivity contribution >= 4 is 21.9 Å². The van der Waals surface area contributed by atoms with Crippen LogP contribution in [0.1, 0.15) is 5.56 Å². The second kappa shape index (κ2) is 3.42. The van der Waals surface area contributed by atoms with Gasteiger partial charge in [-0.25, -0.2) is 9.67 Å². The van der Waals surface area contributed by atoms with E-state index in [4.69, 9.17) is 5.73 Å². The smallest absolute Gasteiger partial charge is 0.239 e. The first-order valence-electron chi connectivity index (χ1n) is 4.10. The summed E-state index contributed by atoms with van der Waals surface area (Å²) in [5.41, 5.74) is 7.53. The van der Waals surface area contributed by atoms with E-state index in [0.717, 1.165) is 15.7 Å². The Bertz CT molecular complexity index is 464. The number of hydrogen-bond donors (Lipinski definition) is 1. The molecule has 0 atom stereocenters. The van der Waals surface area contributed by atoms with Gasteiger partial charge in [-0.3, -0.25) is 0 Å². The molecule has 2 N–H and O–H groups in total. The standard InChI is InChI=1S/C9H9BrN4/c1-6-4-7(2-3-8(6)10)14-5-12-9(11)13-14/h2-5H,1H3,(H2,11,13). The van der Waals surface area contributed by atoms with Gasteiger partial charge < -0.3 is 5.73 Å². The molecular formula is C9H9BrN4. The summed E-state index contributed by atoms with van der Waals surface area (Å²) in [6.07, 6.45) is 1.60. The third kappa shape index (κ3) is 1.63. The maximum atomic E-state index is 5.43. The molecule has 0 amide bonds. The first kappa shape index (κ1) is 9.21. The molecule has 0 aliphatic carbocycles. The normalized spacial score (nSPS) is 10.4. The molecule has 1 aromatic heterocycles. The van der Waals surface area contributed by atoms with Crippen molar-refractivity contribution in [3.63, 3.8) is 0 Å². The van der Waals surface area contributed by atoms with Crippen molar-refractivity contribution in [2.75, 3.05) is 5.73 Å². The van der Waals surface area contributed by atoms with Gasteiger partial charge in [-0.1, -0.05) is 15.9 Å². The van der Waals surface area contributed by atoms with E-state index in [2.05, 4.69) is 26.0 Å². The quantitative estimate of drug-likeness (QED) is 0.844. The molecule has 5 heteroatoms. The third-order valence-electron chi connectivity index (χ3n) is 1.92. The second-order valence-corrected chi connectivity index (χ2v) is 3.84. The Morgan fingerprint density at radius 3 is 2.79 bits per heavy atom. The Balaban J connectivity index is 2.47. The van der Waals surface area contributed by atoms with Crippen molar-refractivity contribution in [1.29, 1.82) is 0 Å². The minimum Gasteiger partial charge on any atom is -0.366 e. The van der Waals surface area contributed by atoms with Gasteiger partial charge in [-0.05, 0) is 30.7 Å². The van der Waals surface area contributed by atoms with Crippen molar-refractivity contribution in [2.45, 2.75) is 6.92 Å². The van der Waals surface area contributed by atoms with Gasteiger partial charge in [0.1, 0.15) is 6.33 Å². The summed E-state index contributed by atoms with van der Waals surface area (Å²) in [7, 11) is 0. The zero-order chi connectivity index (χ0) is 10.1. The number of aromatic nitrogens is 3. The molecule has 1 aromatic carbocycles. The lowest BCUT2D eigenvalue weighted by atomic mass is 10.2. The number of hydrogen-bond acceptors (Lipinski definition) is 3. The average molecular weight is 253 g/mol. The van der Waals surface area contributed by atoms with Gasteiger partial charge in [-0.2, -0.15) is 0 Å². The second-order valence-electron chi connectivity index (χ2n) is 2.98. The number of anilines is 1. The fourth-order valence-corrected chi connectivity index (χ4v) is 1.42. The van der Waals surface area contributed by atoms with E-state index in [-0.39, 0.29) is 5.95 Å². The molecule has 2 aromatic rings. The Morgan fingerprint density at radius 2 is 2.21 bits per heavy atom. The minimum atomic E-state index is 0.283. The molecule has 14 heavy (non-hydrogen) atoms. The minimum absolute atomic E-state index is 0.283. The van der Waals surface area contributed by atoms with Gasteiger partial charge >= 0.3 is 0 Å². The summed E-state index contributed by atoms with van der Waals surface area (Å²) >= 11 is 3.44. The van der Waals surface area contributed by atoms with Gasteiger partial charge in [0.05, 0.1) is 5.69 Å². The van der Waals surface area contributed by atoms with Crippen LogP contribution in [0, 0.1) is 6.92 Å². The van der Waals surface area contributed by atoms with Crippen LogP contribution >= 0.6 is 15.9 Å². The van der Waals surface area contributed by atoms with Crippen LogP contribution in [0.25, 0.3) is 5.69 Å². The summed E-state index contributed by atoms with van der Waals surface area (Å²) in [5.74, 6) is 0.283. The predicted molar refractivity (Wildman–Crippen MR) is 58.2 cm³/mol. The van der Waals surface area contributed by atoms with Gasteiger partial charge in [0.25, 0.3) is 0 Å². The van der Waals surface area contributed by atoms with E-state index >= 15 is 0 Å². The highest BCUT2D eigenvalue weighted by molar-refractivity contribution is 9.10. The van der Waals surface area contributed by atoms with Crippen LogP contribution in [-0.4, -0.2) is 14.8 Å². The molecule has 4 nitrogen and oxygen atoms in total. The number of halogens is 1. The highest BCUT2D eigenvalue weighted by Crippen LogP contribution is 2.18. The molecular weight excluding hydrogens is 244 g/mol. The fourth-order valence-electron chi connectivity index (χ4n) is 1.17. The van der Waals surface area contributed by atoms with Crippen molar-refractivity contribution < 1.29 is 0 Å². The predicted octanol–water partition coefficient (Wildman–Crippen LogP) is 1.92. The molecule has 0 aliphatic heterocycles. The topological polar surface area (TPSA) is 56.7 Å². The van der Waals surface area contributed by atoms with Crippen LogP contribution in [-0.2, 0) is 0 Å². The van der Waals surface area contributed by atoms with Gasteiger partial charge in [0.2, 0.25) is 5.95 Å². The Hall–Kier alpha value is -1.36. The van der Waals surface area contributed by atoms with Crippen LogP contribution in [0.2, 0.25) is 0 Å². The molecule has 0 unspecified atom stereocenters. The Morgan fingerprint density at radius 1 is 1.43 bits per heavy atom. The Kier molecular flexibility index (Phi) is 2.25. The monoisotopic (exact) mass is 252 g/mol. The number of rotatable bonds is 1. The molecule has 1 heterocycles. The van der Waals surface area contributed by atoms with Crippen LogP contribution in [0.3, 0.4) is 0 Å². The zero-order valence-electron chi connectivity index (χ0n) is 7.61. The fraction of sp³-hybridized carbons (Fsp3) is 0.111. The molecule has 0 fully saturated rings. The van der Waals surface area contributed by atoms with Gasteiger partial charge in [-0.15, -0.1) is 5.10 Å². The molecule has 0 radical (unpaired) electrons. The summed E-state index contributed by atoms with van der Waals surface area (Å²) in [5, 5.41) is 4.02. The van der Waals surface area contributed by atoms with E-state index < -0.39 is 0 Å². The van der Waals surface area contributed by atoms with E-state index in [9.17, 15) is 0 Å². The summed E-state index contributed by atoms with van der Waals surface area (Å²) in [6, 6.07) is 5.94. The molecule has 72 valence electrons. The summed E-state index contributed by atoms with van der Waals surface area (Å²) < 4.78 is 2.73. The zero-order valence-corrected chi connectivity index (χ0v) is 9.19. The summed E-state index contributed by atoms with van der Waals surface area (Å²) in [4.78, 5) is 3.86. The highest BCUT2D eigenvalue weighted by atomic mass is 79.9. The van der Waals surface area contributed by atoms with E-state index in [1.807, 2.05) is 25.1 Å². The van der Waals surface area contributed by atoms with Crippen LogP contribution < -0.4 is 5.73 Å². The van der Waals surface area contributed by atoms with Crippen LogP contribution in [0.5, 0.6) is 0 Å². The number of nitrogen functional groups attached to an aromatic ring is 1. The number of nitrogens with zero attached hydrogens (tertiary/aromatic N) is 3. The Labute approximate surface area is 89.9 Å². The molecule has 0 aliphatic rings. The molecule has 0 saturated heterocycles.